The number of rotatable bonds is 6. The maximum Gasteiger partial charge on any atom is 0.0726 e. The van der Waals surface area contributed by atoms with Gasteiger partial charge in [-0.2, -0.15) is 0 Å². The van der Waals surface area contributed by atoms with E-state index in [2.05, 4.69) is 202 Å². The summed E-state index contributed by atoms with van der Waals surface area (Å²) in [5, 5.41) is 5.38. The molecule has 0 amide bonds. The lowest BCUT2D eigenvalue weighted by Gasteiger charge is -2.31. The monoisotopic (exact) mass is 711 g/mol. The Morgan fingerprint density at radius 2 is 0.946 bits per heavy atom. The van der Waals surface area contributed by atoms with E-state index in [1.807, 2.05) is 6.07 Å². The Morgan fingerprint density at radius 3 is 1.70 bits per heavy atom. The Labute approximate surface area is 327 Å². The van der Waals surface area contributed by atoms with Crippen LogP contribution in [0, 0.1) is 0 Å². The molecule has 2 aliphatic rings. The van der Waals surface area contributed by atoms with Gasteiger partial charge in [-0.15, -0.1) is 0 Å². The maximum atomic E-state index is 4.98. The molecule has 0 N–H and O–H groups in total. The molecule has 0 bridgehead atoms. The minimum absolute atomic E-state index is 0.375. The van der Waals surface area contributed by atoms with Gasteiger partial charge >= 0.3 is 0 Å². The summed E-state index contributed by atoms with van der Waals surface area (Å²) in [5.74, 6) is 0. The zero-order valence-electron chi connectivity index (χ0n) is 31.1. The van der Waals surface area contributed by atoms with Gasteiger partial charge in [0.2, 0.25) is 0 Å². The summed E-state index contributed by atoms with van der Waals surface area (Å²) in [6.45, 7) is 6.46. The second kappa shape index (κ2) is 12.5. The molecule has 1 heteroatoms. The largest absolute Gasteiger partial charge is 0.253 e. The fourth-order valence-electron chi connectivity index (χ4n) is 9.69. The second-order valence-electron chi connectivity index (χ2n) is 15.1. The lowest BCUT2D eigenvalue weighted by molar-refractivity contribution is 0.797. The van der Waals surface area contributed by atoms with Crippen molar-refractivity contribution in [2.45, 2.75) is 12.3 Å². The molecule has 0 saturated carbocycles. The highest BCUT2D eigenvalue weighted by atomic mass is 14.8. The Kier molecular flexibility index (Phi) is 7.21. The normalized spacial score (nSPS) is 13.4. The number of fused-ring (bicyclic) bond motifs is 7. The van der Waals surface area contributed by atoms with Crippen molar-refractivity contribution in [1.82, 2.24) is 0 Å². The molecule has 262 valence electrons. The van der Waals surface area contributed by atoms with Gasteiger partial charge in [0, 0.05) is 11.3 Å². The van der Waals surface area contributed by atoms with Crippen molar-refractivity contribution >= 4 is 33.0 Å². The fraction of sp³-hybridized carbons (Fsp3) is 0.0364. The molecule has 11 rings (SSSR count). The number of hydrogen-bond donors (Lipinski definition) is 0. The van der Waals surface area contributed by atoms with E-state index in [0.717, 1.165) is 33.7 Å². The van der Waals surface area contributed by atoms with Gasteiger partial charge in [-0.1, -0.05) is 189 Å². The minimum atomic E-state index is -0.375. The first-order valence-corrected chi connectivity index (χ1v) is 19.4. The van der Waals surface area contributed by atoms with Crippen LogP contribution in [0.15, 0.2) is 206 Å². The van der Waals surface area contributed by atoms with E-state index >= 15 is 0 Å². The number of hydrogen-bond acceptors (Lipinski definition) is 1. The van der Waals surface area contributed by atoms with Crippen LogP contribution in [0.1, 0.15) is 40.3 Å². The molecule has 1 spiro atoms. The van der Waals surface area contributed by atoms with E-state index in [1.54, 1.807) is 0 Å². The molecule has 0 unspecified atom stereocenters. The molecule has 0 aromatic heterocycles. The summed E-state index contributed by atoms with van der Waals surface area (Å²) in [6.07, 6.45) is 0. The average Bonchev–Trinajstić information content (AvgIpc) is 3.74. The molecule has 0 aliphatic heterocycles. The molecule has 2 aliphatic carbocycles. The van der Waals surface area contributed by atoms with Crippen LogP contribution in [0.2, 0.25) is 0 Å². The van der Waals surface area contributed by atoms with Crippen LogP contribution in [-0.4, -0.2) is 5.71 Å². The van der Waals surface area contributed by atoms with Gasteiger partial charge in [0.25, 0.3) is 0 Å². The van der Waals surface area contributed by atoms with Crippen molar-refractivity contribution in [2.24, 2.45) is 4.99 Å². The van der Waals surface area contributed by atoms with Gasteiger partial charge in [0.1, 0.15) is 0 Å². The summed E-state index contributed by atoms with van der Waals surface area (Å²) in [5.41, 5.74) is 18.7. The van der Waals surface area contributed by atoms with E-state index in [9.17, 15) is 0 Å². The van der Waals surface area contributed by atoms with E-state index in [-0.39, 0.29) is 5.41 Å². The highest BCUT2D eigenvalue weighted by Crippen LogP contribution is 2.63. The first-order chi connectivity index (χ1) is 27.6. The Bertz CT molecular complexity index is 3030. The summed E-state index contributed by atoms with van der Waals surface area (Å²) < 4.78 is 0. The molecular weight excluding hydrogens is 675 g/mol. The number of nitrogens with zero attached hydrogens (tertiary/aromatic N) is 1. The highest BCUT2D eigenvalue weighted by Gasteiger charge is 2.51. The van der Waals surface area contributed by atoms with Gasteiger partial charge in [0.15, 0.2) is 0 Å². The third-order valence-corrected chi connectivity index (χ3v) is 12.2. The van der Waals surface area contributed by atoms with Crippen molar-refractivity contribution in [3.05, 3.63) is 234 Å². The third kappa shape index (κ3) is 4.71. The fourth-order valence-corrected chi connectivity index (χ4v) is 9.69. The molecule has 0 atom stereocenters. The summed E-state index contributed by atoms with van der Waals surface area (Å²) in [6, 6.07) is 71.1. The molecule has 1 nitrogen and oxygen atoms in total. The van der Waals surface area contributed by atoms with E-state index < -0.39 is 0 Å². The Balaban J connectivity index is 0.978. The zero-order valence-corrected chi connectivity index (χ0v) is 31.1. The zero-order chi connectivity index (χ0) is 37.4. The van der Waals surface area contributed by atoms with Crippen LogP contribution < -0.4 is 0 Å². The summed E-state index contributed by atoms with van der Waals surface area (Å²) in [7, 11) is 0. The standard InChI is InChI=1S/C55H37N/c1-35(37-27-29-39(30-28-37)38-13-4-3-5-14-38)56-36(2)42-17-8-18-43(33-42)44-19-9-20-45(34-44)46-22-12-26-51-54(46)47-21-6-7-23-48(47)55(51)49-24-10-15-40-31-32-41-16-11-25-50(55)53(41)52(40)49/h3-34H,2H2,1H3. The predicted molar refractivity (Wildman–Crippen MR) is 236 cm³/mol. The Hall–Kier alpha value is -7.09. The quantitative estimate of drug-likeness (QED) is 0.120. The molecule has 56 heavy (non-hydrogen) atoms. The molecule has 0 saturated heterocycles. The van der Waals surface area contributed by atoms with Gasteiger partial charge in [0.05, 0.1) is 11.1 Å². The number of aliphatic imine (C=N–C) groups is 1. The van der Waals surface area contributed by atoms with Gasteiger partial charge in [-0.25, -0.2) is 0 Å². The molecule has 0 radical (unpaired) electrons. The van der Waals surface area contributed by atoms with Crippen LogP contribution >= 0.6 is 0 Å². The molecule has 0 heterocycles. The van der Waals surface area contributed by atoms with E-state index in [1.165, 1.54) is 77.2 Å². The van der Waals surface area contributed by atoms with Crippen LogP contribution in [-0.2, 0) is 5.41 Å². The lowest BCUT2D eigenvalue weighted by atomic mass is 9.70. The van der Waals surface area contributed by atoms with Crippen LogP contribution in [0.5, 0.6) is 0 Å². The smallest absolute Gasteiger partial charge is 0.0726 e. The third-order valence-electron chi connectivity index (χ3n) is 12.2. The SMILES string of the molecule is C=C(N=C(C)c1ccc(-c2ccccc2)cc1)c1cccc(-c2cccc(-c3cccc4c3-c3ccccc3C43c4cccc5ccc6cccc3c6c45)c2)c1. The molecular formula is C55H37N. The van der Waals surface area contributed by atoms with Crippen molar-refractivity contribution < 1.29 is 0 Å². The van der Waals surface area contributed by atoms with Crippen LogP contribution in [0.4, 0.5) is 0 Å². The molecule has 0 fully saturated rings. The minimum Gasteiger partial charge on any atom is -0.253 e. The van der Waals surface area contributed by atoms with E-state index in [0.29, 0.717) is 0 Å². The van der Waals surface area contributed by atoms with Crippen LogP contribution in [0.3, 0.4) is 0 Å². The predicted octanol–water partition coefficient (Wildman–Crippen LogP) is 14.2. The summed E-state index contributed by atoms with van der Waals surface area (Å²) in [4.78, 5) is 4.98. The highest BCUT2D eigenvalue weighted by molar-refractivity contribution is 6.17. The van der Waals surface area contributed by atoms with Crippen molar-refractivity contribution in [3.63, 3.8) is 0 Å². The lowest BCUT2D eigenvalue weighted by Crippen LogP contribution is -2.26. The van der Waals surface area contributed by atoms with Gasteiger partial charge < -0.3 is 0 Å². The van der Waals surface area contributed by atoms with Crippen LogP contribution in [0.25, 0.3) is 71.7 Å². The maximum absolute atomic E-state index is 4.98. The van der Waals surface area contributed by atoms with Gasteiger partial charge in [-0.05, 0) is 113 Å². The van der Waals surface area contributed by atoms with E-state index in [4.69, 9.17) is 4.99 Å². The van der Waals surface area contributed by atoms with Crippen molar-refractivity contribution in [2.75, 3.05) is 0 Å². The first-order valence-electron chi connectivity index (χ1n) is 19.4. The number of benzene rings is 9. The Morgan fingerprint density at radius 1 is 0.411 bits per heavy atom. The first kappa shape index (κ1) is 32.3. The summed E-state index contributed by atoms with van der Waals surface area (Å²) >= 11 is 0. The topological polar surface area (TPSA) is 12.4 Å². The van der Waals surface area contributed by atoms with Crippen molar-refractivity contribution in [1.29, 1.82) is 0 Å². The van der Waals surface area contributed by atoms with Gasteiger partial charge in [-0.3, -0.25) is 4.99 Å². The second-order valence-corrected chi connectivity index (χ2v) is 15.1. The average molecular weight is 712 g/mol. The molecule has 9 aromatic rings. The van der Waals surface area contributed by atoms with Crippen molar-refractivity contribution in [3.8, 4) is 44.5 Å². The molecule has 9 aromatic carbocycles.